The van der Waals surface area contributed by atoms with Crippen LogP contribution in [0.4, 0.5) is 0 Å². The Morgan fingerprint density at radius 3 is 2.64 bits per heavy atom. The molecule has 80 valence electrons. The molecule has 1 aromatic rings. The van der Waals surface area contributed by atoms with Gasteiger partial charge in [0.1, 0.15) is 24.7 Å². The molecule has 0 amide bonds. The normalized spacial score (nSPS) is 16.6. The van der Waals surface area contributed by atoms with E-state index in [1.54, 1.807) is 13.8 Å². The third-order valence-electron chi connectivity index (χ3n) is 1.58. The van der Waals surface area contributed by atoms with E-state index in [2.05, 4.69) is 9.71 Å². The van der Waals surface area contributed by atoms with Crippen molar-refractivity contribution in [3.63, 3.8) is 0 Å². The lowest BCUT2D eigenvalue weighted by Gasteiger charge is -2.12. The van der Waals surface area contributed by atoms with Gasteiger partial charge in [0.15, 0.2) is 0 Å². The van der Waals surface area contributed by atoms with Gasteiger partial charge >= 0.3 is 0 Å². The van der Waals surface area contributed by atoms with Gasteiger partial charge in [0, 0.05) is 0 Å². The summed E-state index contributed by atoms with van der Waals surface area (Å²) in [5.41, 5.74) is -1.05. The molecule has 0 aliphatic carbocycles. The lowest BCUT2D eigenvalue weighted by Crippen LogP contribution is -2.16. The van der Waals surface area contributed by atoms with Gasteiger partial charge in [-0.15, -0.1) is 11.3 Å². The van der Waals surface area contributed by atoms with Crippen molar-refractivity contribution in [3.8, 4) is 0 Å². The van der Waals surface area contributed by atoms with Crippen molar-refractivity contribution in [2.45, 2.75) is 23.7 Å². The minimum absolute atomic E-state index is 0.331. The Kier molecular flexibility index (Phi) is 2.96. The van der Waals surface area contributed by atoms with Gasteiger partial charge in [-0.3, -0.25) is 0 Å². The van der Waals surface area contributed by atoms with Crippen molar-refractivity contribution in [1.82, 2.24) is 9.71 Å². The second-order valence-electron chi connectivity index (χ2n) is 3.30. The molecule has 1 heterocycles. The molecule has 0 aliphatic rings. The van der Waals surface area contributed by atoms with Crippen LogP contribution in [0.15, 0.2) is 10.4 Å². The largest absolute Gasteiger partial charge is 0.383 e. The van der Waals surface area contributed by atoms with E-state index in [9.17, 15) is 9.32 Å². The number of hydrogen-bond acceptors (Lipinski definition) is 5. The minimum Gasteiger partial charge on any atom is -0.383 e. The standard InChI is InChI=1S/C7H13N3O2S2/c1-7(2,11)6-10-4-5(13-6)14(8,12)9-3/h4,11H,1-3H3,(H2,8,9,12). The number of thiazole rings is 1. The Morgan fingerprint density at radius 2 is 2.29 bits per heavy atom. The SMILES string of the molecule is CNS(=N)(=O)c1cnc(C(C)(C)O)s1. The maximum Gasteiger partial charge on any atom is 0.145 e. The van der Waals surface area contributed by atoms with Crippen LogP contribution >= 0.6 is 11.3 Å². The fourth-order valence-electron chi connectivity index (χ4n) is 0.776. The second-order valence-corrected chi connectivity index (χ2v) is 6.55. The van der Waals surface area contributed by atoms with Crippen LogP contribution in [0.5, 0.6) is 0 Å². The average Bonchev–Trinajstić information content (AvgIpc) is 2.51. The molecule has 0 spiro atoms. The molecule has 0 saturated heterocycles. The molecule has 0 saturated carbocycles. The molecule has 7 heteroatoms. The molecule has 3 N–H and O–H groups in total. The summed E-state index contributed by atoms with van der Waals surface area (Å²) in [5.74, 6) is 0. The molecular weight excluding hydrogens is 222 g/mol. The molecule has 0 bridgehead atoms. The maximum absolute atomic E-state index is 11.5. The van der Waals surface area contributed by atoms with Crippen molar-refractivity contribution < 1.29 is 9.32 Å². The average molecular weight is 235 g/mol. The smallest absolute Gasteiger partial charge is 0.145 e. The molecule has 1 rings (SSSR count). The molecule has 0 aromatic carbocycles. The zero-order valence-corrected chi connectivity index (χ0v) is 9.83. The Labute approximate surface area is 87.3 Å². The Morgan fingerprint density at radius 1 is 1.71 bits per heavy atom. The van der Waals surface area contributed by atoms with Crippen molar-refractivity contribution in [3.05, 3.63) is 11.2 Å². The number of aliphatic hydroxyl groups is 1. The van der Waals surface area contributed by atoms with E-state index in [0.717, 1.165) is 11.3 Å². The van der Waals surface area contributed by atoms with Crippen LogP contribution in [0.25, 0.3) is 0 Å². The van der Waals surface area contributed by atoms with E-state index >= 15 is 0 Å². The summed E-state index contributed by atoms with van der Waals surface area (Å²) in [5, 5.41) is 10.1. The van der Waals surface area contributed by atoms with Gasteiger partial charge in [0.2, 0.25) is 0 Å². The fourth-order valence-corrected chi connectivity index (χ4v) is 2.79. The molecule has 0 aliphatic heterocycles. The Bertz CT molecular complexity index is 416. The molecule has 1 unspecified atom stereocenters. The van der Waals surface area contributed by atoms with Crippen LogP contribution in [0.1, 0.15) is 18.9 Å². The monoisotopic (exact) mass is 235 g/mol. The number of nitrogens with zero attached hydrogens (tertiary/aromatic N) is 1. The first kappa shape index (κ1) is 11.6. The summed E-state index contributed by atoms with van der Waals surface area (Å²) < 4.78 is 21.7. The molecule has 0 radical (unpaired) electrons. The van der Waals surface area contributed by atoms with Gasteiger partial charge < -0.3 is 5.11 Å². The summed E-state index contributed by atoms with van der Waals surface area (Å²) in [4.78, 5) is 3.93. The molecule has 0 fully saturated rings. The highest BCUT2D eigenvalue weighted by Gasteiger charge is 2.22. The second kappa shape index (κ2) is 3.58. The molecule has 1 atom stereocenters. The first-order valence-electron chi connectivity index (χ1n) is 3.93. The van der Waals surface area contributed by atoms with Crippen molar-refractivity contribution >= 4 is 21.3 Å². The number of hydrogen-bond donors (Lipinski definition) is 3. The van der Waals surface area contributed by atoms with Crippen molar-refractivity contribution in [2.24, 2.45) is 0 Å². The topological polar surface area (TPSA) is 86.1 Å². The highest BCUT2D eigenvalue weighted by atomic mass is 32.2. The van der Waals surface area contributed by atoms with Crippen LogP contribution in [-0.4, -0.2) is 21.3 Å². The minimum atomic E-state index is -2.94. The first-order valence-corrected chi connectivity index (χ1v) is 6.31. The third kappa shape index (κ3) is 2.30. The van der Waals surface area contributed by atoms with Gasteiger partial charge in [-0.05, 0) is 20.9 Å². The van der Waals surface area contributed by atoms with Crippen molar-refractivity contribution in [2.75, 3.05) is 7.05 Å². The molecular formula is C7H13N3O2S2. The van der Waals surface area contributed by atoms with E-state index in [4.69, 9.17) is 4.78 Å². The van der Waals surface area contributed by atoms with Gasteiger partial charge in [-0.25, -0.2) is 18.7 Å². The predicted octanol–water partition coefficient (Wildman–Crippen LogP) is 0.911. The van der Waals surface area contributed by atoms with Crippen LogP contribution < -0.4 is 4.72 Å². The van der Waals surface area contributed by atoms with Gasteiger partial charge in [0.05, 0.1) is 6.20 Å². The maximum atomic E-state index is 11.5. The quantitative estimate of drug-likeness (QED) is 0.728. The Hall–Kier alpha value is -0.500. The third-order valence-corrected chi connectivity index (χ3v) is 4.88. The van der Waals surface area contributed by atoms with E-state index < -0.39 is 15.5 Å². The highest BCUT2D eigenvalue weighted by Crippen LogP contribution is 2.27. The zero-order chi connectivity index (χ0) is 11.0. The zero-order valence-electron chi connectivity index (χ0n) is 8.20. The summed E-state index contributed by atoms with van der Waals surface area (Å²) in [7, 11) is -1.49. The summed E-state index contributed by atoms with van der Waals surface area (Å²) in [6.45, 7) is 3.20. The molecule has 5 nitrogen and oxygen atoms in total. The van der Waals surface area contributed by atoms with Gasteiger partial charge in [0.25, 0.3) is 0 Å². The van der Waals surface area contributed by atoms with Crippen LogP contribution in [0, 0.1) is 4.78 Å². The first-order chi connectivity index (χ1) is 6.27. The van der Waals surface area contributed by atoms with E-state index in [1.165, 1.54) is 13.2 Å². The summed E-state index contributed by atoms with van der Waals surface area (Å²) >= 11 is 1.08. The Balaban J connectivity index is 3.13. The lowest BCUT2D eigenvalue weighted by molar-refractivity contribution is 0.0783. The fraction of sp³-hybridized carbons (Fsp3) is 0.571. The predicted molar refractivity (Wildman–Crippen MR) is 55.5 cm³/mol. The summed E-state index contributed by atoms with van der Waals surface area (Å²) in [6.07, 6.45) is 1.36. The van der Waals surface area contributed by atoms with Crippen LogP contribution in [-0.2, 0) is 15.5 Å². The number of rotatable bonds is 3. The number of nitrogens with one attached hydrogen (secondary N) is 2. The van der Waals surface area contributed by atoms with Gasteiger partial charge in [-0.2, -0.15) is 0 Å². The van der Waals surface area contributed by atoms with E-state index in [1.807, 2.05) is 0 Å². The molecule has 1 aromatic heterocycles. The van der Waals surface area contributed by atoms with E-state index in [-0.39, 0.29) is 0 Å². The van der Waals surface area contributed by atoms with Crippen molar-refractivity contribution in [1.29, 1.82) is 4.78 Å². The number of aromatic nitrogens is 1. The van der Waals surface area contributed by atoms with Gasteiger partial charge in [-0.1, -0.05) is 0 Å². The van der Waals surface area contributed by atoms with Crippen LogP contribution in [0.2, 0.25) is 0 Å². The van der Waals surface area contributed by atoms with E-state index in [0.29, 0.717) is 9.22 Å². The summed E-state index contributed by atoms with van der Waals surface area (Å²) in [6, 6.07) is 0. The highest BCUT2D eigenvalue weighted by molar-refractivity contribution is 7.92. The molecule has 14 heavy (non-hydrogen) atoms. The lowest BCUT2D eigenvalue weighted by atomic mass is 10.2. The van der Waals surface area contributed by atoms with Crippen LogP contribution in [0.3, 0.4) is 0 Å².